The molecular weight excluding hydrogens is 336 g/mol. The van der Waals surface area contributed by atoms with Crippen molar-refractivity contribution >= 4 is 39.2 Å². The molecule has 108 valence electrons. The third-order valence-electron chi connectivity index (χ3n) is 3.30. The Morgan fingerprint density at radius 1 is 1.43 bits per heavy atom. The van der Waals surface area contributed by atoms with Gasteiger partial charge in [0.1, 0.15) is 0 Å². The number of ether oxygens (including phenoxy) is 2. The number of nitrogens with zero attached hydrogens (tertiary/aromatic N) is 2. The molecule has 0 amide bonds. The summed E-state index contributed by atoms with van der Waals surface area (Å²) in [6.45, 7) is 2.08. The molecule has 0 aliphatic carbocycles. The normalized spacial score (nSPS) is 20.5. The van der Waals surface area contributed by atoms with E-state index in [9.17, 15) is 4.79 Å². The number of benzene rings is 1. The molecule has 1 aromatic carbocycles. The van der Waals surface area contributed by atoms with Crippen molar-refractivity contribution in [3.05, 3.63) is 40.5 Å². The van der Waals surface area contributed by atoms with E-state index in [4.69, 9.17) is 9.47 Å². The van der Waals surface area contributed by atoms with Gasteiger partial charge in [-0.2, -0.15) is 0 Å². The van der Waals surface area contributed by atoms with E-state index in [1.54, 1.807) is 13.1 Å². The number of hydrogen-bond acceptors (Lipinski definition) is 5. The van der Waals surface area contributed by atoms with Crippen LogP contribution in [0, 0.1) is 0 Å². The van der Waals surface area contributed by atoms with Gasteiger partial charge in [0.15, 0.2) is 18.5 Å². The van der Waals surface area contributed by atoms with Gasteiger partial charge in [-0.3, -0.25) is 4.98 Å². The fraction of sp³-hybridized carbons (Fsp3) is 0.267. The van der Waals surface area contributed by atoms with Crippen molar-refractivity contribution in [1.82, 2.24) is 4.98 Å². The molecule has 1 aromatic heterocycles. The monoisotopic (exact) mass is 348 g/mol. The summed E-state index contributed by atoms with van der Waals surface area (Å²) in [5, 5.41) is 0.966. The lowest BCUT2D eigenvalue weighted by molar-refractivity contribution is -0.146. The van der Waals surface area contributed by atoms with Crippen molar-refractivity contribution in [3.63, 3.8) is 0 Å². The molecule has 0 bridgehead atoms. The van der Waals surface area contributed by atoms with Gasteiger partial charge in [-0.25, -0.2) is 9.79 Å². The van der Waals surface area contributed by atoms with Gasteiger partial charge >= 0.3 is 5.97 Å². The summed E-state index contributed by atoms with van der Waals surface area (Å²) < 4.78 is 11.5. The van der Waals surface area contributed by atoms with E-state index in [0.29, 0.717) is 6.61 Å². The van der Waals surface area contributed by atoms with E-state index in [-0.39, 0.29) is 5.97 Å². The van der Waals surface area contributed by atoms with E-state index in [0.717, 1.165) is 20.9 Å². The molecule has 21 heavy (non-hydrogen) atoms. The number of fused-ring (bicyclic) bond motifs is 1. The second-order valence-corrected chi connectivity index (χ2v) is 5.40. The maximum atomic E-state index is 12.0. The van der Waals surface area contributed by atoms with Gasteiger partial charge in [-0.05, 0) is 19.1 Å². The molecule has 0 saturated carbocycles. The first kappa shape index (κ1) is 14.0. The molecule has 0 spiro atoms. The highest BCUT2D eigenvalue weighted by atomic mass is 79.9. The number of carbonyl (C=O) groups excluding carboxylic acids is 1. The summed E-state index contributed by atoms with van der Waals surface area (Å²) in [6, 6.07) is 6.96. The van der Waals surface area contributed by atoms with E-state index in [1.807, 2.05) is 24.3 Å². The first-order valence-corrected chi connectivity index (χ1v) is 7.38. The molecule has 1 aliphatic heterocycles. The Hall–Kier alpha value is -1.95. The third-order valence-corrected chi connectivity index (χ3v) is 3.99. The Bertz CT molecular complexity index is 717. The highest BCUT2D eigenvalue weighted by molar-refractivity contribution is 9.10. The quantitative estimate of drug-likeness (QED) is 0.800. The lowest BCUT2D eigenvalue weighted by Gasteiger charge is -2.18. The molecule has 2 aromatic rings. The summed E-state index contributed by atoms with van der Waals surface area (Å²) >= 11 is 3.50. The minimum absolute atomic E-state index is 0.316. The largest absolute Gasteiger partial charge is 0.473 e. The van der Waals surface area contributed by atoms with Crippen LogP contribution >= 0.6 is 15.9 Å². The van der Waals surface area contributed by atoms with Crippen LogP contribution in [0.15, 0.2) is 39.9 Å². The van der Waals surface area contributed by atoms with Crippen LogP contribution in [-0.4, -0.2) is 30.0 Å². The fourth-order valence-corrected chi connectivity index (χ4v) is 2.82. The van der Waals surface area contributed by atoms with Gasteiger partial charge in [-0.1, -0.05) is 28.1 Å². The summed E-state index contributed by atoms with van der Waals surface area (Å²) in [6.07, 6.45) is 2.52. The number of aliphatic imine (C=N–C) groups is 1. The first-order chi connectivity index (χ1) is 10.2. The average Bonchev–Trinajstić information content (AvgIpc) is 2.97. The Balaban J connectivity index is 2.04. The number of carbonyl (C=O) groups is 1. The second-order valence-electron chi connectivity index (χ2n) is 4.54. The summed E-state index contributed by atoms with van der Waals surface area (Å²) in [5.74, 6) is -0.386. The Kier molecular flexibility index (Phi) is 3.88. The minimum Gasteiger partial charge on any atom is -0.473 e. The van der Waals surface area contributed by atoms with Crippen LogP contribution in [0.25, 0.3) is 10.9 Å². The van der Waals surface area contributed by atoms with E-state index < -0.39 is 12.1 Å². The first-order valence-electron chi connectivity index (χ1n) is 6.59. The molecular formula is C15H13BrN2O3. The van der Waals surface area contributed by atoms with Gasteiger partial charge in [0.2, 0.25) is 0 Å². The lowest BCUT2D eigenvalue weighted by atomic mass is 10.00. The molecule has 0 N–H and O–H groups in total. The second kappa shape index (κ2) is 5.81. The van der Waals surface area contributed by atoms with Gasteiger partial charge in [0.05, 0.1) is 12.1 Å². The average molecular weight is 349 g/mol. The van der Waals surface area contributed by atoms with E-state index in [2.05, 4.69) is 25.9 Å². The minimum atomic E-state index is -0.684. The topological polar surface area (TPSA) is 60.8 Å². The van der Waals surface area contributed by atoms with Crippen LogP contribution in [0.3, 0.4) is 0 Å². The summed E-state index contributed by atoms with van der Waals surface area (Å²) in [7, 11) is 0. The number of halogens is 1. The van der Waals surface area contributed by atoms with Gasteiger partial charge < -0.3 is 9.47 Å². The molecule has 2 unspecified atom stereocenters. The molecule has 2 heterocycles. The molecule has 1 aliphatic rings. The predicted molar refractivity (Wildman–Crippen MR) is 82.2 cm³/mol. The molecule has 3 rings (SSSR count). The van der Waals surface area contributed by atoms with E-state index >= 15 is 0 Å². The number of hydrogen-bond donors (Lipinski definition) is 0. The van der Waals surface area contributed by atoms with Gasteiger partial charge in [0.25, 0.3) is 0 Å². The fourth-order valence-electron chi connectivity index (χ4n) is 2.36. The van der Waals surface area contributed by atoms with Crippen LogP contribution in [0.2, 0.25) is 0 Å². The smallest absolute Gasteiger partial charge is 0.335 e. The number of rotatable bonds is 3. The van der Waals surface area contributed by atoms with Crippen molar-refractivity contribution in [2.45, 2.75) is 19.1 Å². The van der Waals surface area contributed by atoms with Crippen LogP contribution in [0.1, 0.15) is 18.6 Å². The number of pyridine rings is 1. The molecule has 6 heteroatoms. The molecule has 5 nitrogen and oxygen atoms in total. The van der Waals surface area contributed by atoms with E-state index in [1.165, 1.54) is 6.40 Å². The van der Waals surface area contributed by atoms with Crippen molar-refractivity contribution in [3.8, 4) is 0 Å². The van der Waals surface area contributed by atoms with Crippen LogP contribution in [0.4, 0.5) is 0 Å². The molecule has 0 fully saturated rings. The number of esters is 1. The SMILES string of the molecule is CCOC(=O)C1N=COC1c1ccc(Br)c2cccnc12. The van der Waals surface area contributed by atoms with Crippen LogP contribution < -0.4 is 0 Å². The van der Waals surface area contributed by atoms with Crippen molar-refractivity contribution in [1.29, 1.82) is 0 Å². The highest BCUT2D eigenvalue weighted by Gasteiger charge is 2.36. The third kappa shape index (κ3) is 2.51. The summed E-state index contributed by atoms with van der Waals surface area (Å²) in [5.41, 5.74) is 1.61. The highest BCUT2D eigenvalue weighted by Crippen LogP contribution is 2.34. The Labute approximate surface area is 130 Å². The Morgan fingerprint density at radius 2 is 2.29 bits per heavy atom. The lowest BCUT2D eigenvalue weighted by Crippen LogP contribution is -2.26. The zero-order valence-electron chi connectivity index (χ0n) is 11.3. The Morgan fingerprint density at radius 3 is 3.10 bits per heavy atom. The number of aromatic nitrogens is 1. The zero-order chi connectivity index (χ0) is 14.8. The van der Waals surface area contributed by atoms with Gasteiger partial charge in [-0.15, -0.1) is 0 Å². The van der Waals surface area contributed by atoms with Gasteiger partial charge in [0, 0.05) is 21.6 Å². The maximum absolute atomic E-state index is 12.0. The van der Waals surface area contributed by atoms with Crippen LogP contribution in [-0.2, 0) is 14.3 Å². The van der Waals surface area contributed by atoms with Crippen molar-refractivity contribution in [2.75, 3.05) is 6.61 Å². The van der Waals surface area contributed by atoms with Crippen LogP contribution in [0.5, 0.6) is 0 Å². The molecule has 2 atom stereocenters. The predicted octanol–water partition coefficient (Wildman–Crippen LogP) is 3.03. The molecule has 0 radical (unpaired) electrons. The molecule has 0 saturated heterocycles. The standard InChI is InChI=1S/C15H13BrN2O3/c1-2-20-15(19)13-14(21-8-18-13)10-5-6-11(16)9-4-3-7-17-12(9)10/h3-8,13-14H,2H2,1H3. The summed E-state index contributed by atoms with van der Waals surface area (Å²) in [4.78, 5) is 20.5. The zero-order valence-corrected chi connectivity index (χ0v) is 12.9. The van der Waals surface area contributed by atoms with Crippen molar-refractivity contribution < 1.29 is 14.3 Å². The van der Waals surface area contributed by atoms with Crippen molar-refractivity contribution in [2.24, 2.45) is 4.99 Å². The maximum Gasteiger partial charge on any atom is 0.335 e.